The number of morpholine rings is 1. The predicted molar refractivity (Wildman–Crippen MR) is 182 cm³/mol. The SMILES string of the molecule is O=C(CCc1ccc(C(=O)NCCOCCNc2ccc([N+](=O)[O-])cc2[N+](=O)[O-])cc1)CC[C@H]1CN(Cc2ccc(Cl)c(Cl)c2)CCO1. The second-order valence-corrected chi connectivity index (χ2v) is 12.1. The van der Waals surface area contributed by atoms with Gasteiger partial charge < -0.3 is 20.1 Å². The quantitative estimate of drug-likeness (QED) is 0.0933. The number of hydrogen-bond donors (Lipinski definition) is 2. The van der Waals surface area contributed by atoms with E-state index in [1.165, 1.54) is 12.1 Å². The molecule has 13 nitrogen and oxygen atoms in total. The van der Waals surface area contributed by atoms with E-state index < -0.39 is 15.5 Å². The number of nitro benzene ring substituents is 2. The van der Waals surface area contributed by atoms with Crippen molar-refractivity contribution in [2.45, 2.75) is 38.3 Å². The van der Waals surface area contributed by atoms with E-state index in [1.54, 1.807) is 18.2 Å². The molecule has 1 heterocycles. The summed E-state index contributed by atoms with van der Waals surface area (Å²) >= 11 is 12.2. The van der Waals surface area contributed by atoms with Gasteiger partial charge in [-0.2, -0.15) is 0 Å². The molecule has 1 amide bonds. The first-order valence-corrected chi connectivity index (χ1v) is 16.3. The number of nitrogens with one attached hydrogen (secondary N) is 2. The first kappa shape index (κ1) is 36.7. The van der Waals surface area contributed by atoms with Crippen LogP contribution in [-0.2, 0) is 27.2 Å². The highest BCUT2D eigenvalue weighted by Crippen LogP contribution is 2.29. The number of carbonyl (C=O) groups excluding carboxylic acids is 2. The van der Waals surface area contributed by atoms with Crippen molar-refractivity contribution in [1.82, 2.24) is 10.2 Å². The molecule has 1 aliphatic heterocycles. The van der Waals surface area contributed by atoms with Gasteiger partial charge in [-0.05, 0) is 54.3 Å². The van der Waals surface area contributed by atoms with Gasteiger partial charge in [0.25, 0.3) is 17.3 Å². The summed E-state index contributed by atoms with van der Waals surface area (Å²) in [6.07, 6.45) is 2.10. The second-order valence-electron chi connectivity index (χ2n) is 11.3. The maximum atomic E-state index is 12.6. The van der Waals surface area contributed by atoms with E-state index in [0.717, 1.165) is 36.8 Å². The number of non-ortho nitro benzene ring substituents is 1. The molecule has 0 radical (unpaired) electrons. The summed E-state index contributed by atoms with van der Waals surface area (Å²) in [4.78, 5) is 48.1. The summed E-state index contributed by atoms with van der Waals surface area (Å²) in [7, 11) is 0. The van der Waals surface area contributed by atoms with Crippen LogP contribution in [0.3, 0.4) is 0 Å². The third kappa shape index (κ3) is 11.5. The number of rotatable bonds is 18. The van der Waals surface area contributed by atoms with Crippen LogP contribution in [-0.4, -0.2) is 78.5 Å². The van der Waals surface area contributed by atoms with Crippen LogP contribution in [0.5, 0.6) is 0 Å². The lowest BCUT2D eigenvalue weighted by atomic mass is 10.0. The number of Topliss-reactive ketones (excluding diaryl/α,β-unsaturated/α-hetero) is 1. The maximum Gasteiger partial charge on any atom is 0.299 e. The zero-order valence-corrected chi connectivity index (χ0v) is 27.7. The van der Waals surface area contributed by atoms with E-state index in [9.17, 15) is 29.8 Å². The average Bonchev–Trinajstić information content (AvgIpc) is 3.07. The van der Waals surface area contributed by atoms with Crippen molar-refractivity contribution >= 4 is 52.0 Å². The molecule has 1 atom stereocenters. The Bertz CT molecular complexity index is 1590. The number of hydrogen-bond acceptors (Lipinski definition) is 10. The summed E-state index contributed by atoms with van der Waals surface area (Å²) in [5.41, 5.74) is 1.91. The fourth-order valence-corrected chi connectivity index (χ4v) is 5.50. The predicted octanol–water partition coefficient (Wildman–Crippen LogP) is 5.85. The van der Waals surface area contributed by atoms with Gasteiger partial charge in [0, 0.05) is 57.2 Å². The van der Waals surface area contributed by atoms with Gasteiger partial charge >= 0.3 is 0 Å². The molecule has 1 fully saturated rings. The number of benzene rings is 3. The number of amides is 1. The van der Waals surface area contributed by atoms with Crippen molar-refractivity contribution in [3.05, 3.63) is 108 Å². The molecule has 3 aromatic carbocycles. The fourth-order valence-electron chi connectivity index (χ4n) is 5.18. The van der Waals surface area contributed by atoms with Gasteiger partial charge in [0.2, 0.25) is 0 Å². The molecular weight excluding hydrogens is 665 g/mol. The van der Waals surface area contributed by atoms with Gasteiger partial charge in [0.05, 0.1) is 51.9 Å². The number of aryl methyl sites for hydroxylation is 1. The van der Waals surface area contributed by atoms with Crippen molar-refractivity contribution in [3.8, 4) is 0 Å². The number of ketones is 1. The number of nitro groups is 2. The van der Waals surface area contributed by atoms with E-state index in [4.69, 9.17) is 32.7 Å². The molecule has 256 valence electrons. The summed E-state index contributed by atoms with van der Waals surface area (Å²) in [5.74, 6) is -0.0928. The Hall–Kier alpha value is -4.14. The third-order valence-electron chi connectivity index (χ3n) is 7.75. The lowest BCUT2D eigenvalue weighted by molar-refractivity contribution is -0.393. The van der Waals surface area contributed by atoms with Crippen molar-refractivity contribution in [1.29, 1.82) is 0 Å². The van der Waals surface area contributed by atoms with Crippen LogP contribution in [0.4, 0.5) is 17.1 Å². The molecule has 48 heavy (non-hydrogen) atoms. The Kier molecular flexibility index (Phi) is 14.1. The molecule has 2 N–H and O–H groups in total. The van der Waals surface area contributed by atoms with E-state index in [0.29, 0.717) is 47.9 Å². The molecule has 0 saturated carbocycles. The van der Waals surface area contributed by atoms with Crippen LogP contribution in [0.1, 0.15) is 40.7 Å². The fraction of sp³-hybridized carbons (Fsp3) is 0.394. The molecule has 1 aliphatic rings. The largest absolute Gasteiger partial charge is 0.378 e. The Labute approximate surface area is 287 Å². The highest BCUT2D eigenvalue weighted by Gasteiger charge is 2.22. The number of nitrogens with zero attached hydrogens (tertiary/aromatic N) is 3. The standard InChI is InChI=1S/C33H37Cl2N5O8/c34-29-11-4-24(19-30(29)35)21-38-15-18-48-28(22-38)10-9-27(41)8-3-23-1-5-25(6-2-23)33(42)37-14-17-47-16-13-36-31-12-7-26(39(43)44)20-32(31)40(45)46/h1-2,4-7,11-12,19-20,28,36H,3,8-10,13-18,21-22H2,(H,37,42)/t28-/m0/s1. The van der Waals surface area contributed by atoms with E-state index in [1.807, 2.05) is 24.3 Å². The first-order valence-electron chi connectivity index (χ1n) is 15.5. The maximum absolute atomic E-state index is 12.6. The molecule has 4 rings (SSSR count). The van der Waals surface area contributed by atoms with Gasteiger partial charge in [-0.15, -0.1) is 0 Å². The van der Waals surface area contributed by atoms with Gasteiger partial charge in [0.15, 0.2) is 0 Å². The Balaban J connectivity index is 1.08. The van der Waals surface area contributed by atoms with Crippen LogP contribution in [0.2, 0.25) is 10.0 Å². The molecule has 3 aromatic rings. The number of anilines is 1. The highest BCUT2D eigenvalue weighted by molar-refractivity contribution is 6.42. The molecule has 15 heteroatoms. The van der Waals surface area contributed by atoms with Crippen LogP contribution < -0.4 is 10.6 Å². The van der Waals surface area contributed by atoms with E-state index >= 15 is 0 Å². The van der Waals surface area contributed by atoms with Gasteiger partial charge in [-0.3, -0.25) is 34.7 Å². The normalized spacial score (nSPS) is 14.8. The molecule has 1 saturated heterocycles. The van der Waals surface area contributed by atoms with Gasteiger partial charge in [-0.25, -0.2) is 0 Å². The Morgan fingerprint density at radius 1 is 0.917 bits per heavy atom. The van der Waals surface area contributed by atoms with Crippen LogP contribution >= 0.6 is 23.2 Å². The summed E-state index contributed by atoms with van der Waals surface area (Å²) < 4.78 is 11.4. The van der Waals surface area contributed by atoms with Crippen LogP contribution in [0, 0.1) is 20.2 Å². The third-order valence-corrected chi connectivity index (χ3v) is 8.49. The zero-order chi connectivity index (χ0) is 34.5. The van der Waals surface area contributed by atoms with Crippen molar-refractivity contribution < 1.29 is 28.9 Å². The number of halogens is 2. The smallest absolute Gasteiger partial charge is 0.299 e. The molecular formula is C33H37Cl2N5O8. The van der Waals surface area contributed by atoms with Crippen LogP contribution in [0.15, 0.2) is 60.7 Å². The molecule has 0 bridgehead atoms. The highest BCUT2D eigenvalue weighted by atomic mass is 35.5. The van der Waals surface area contributed by atoms with Crippen molar-refractivity contribution in [2.24, 2.45) is 0 Å². The molecule has 0 aromatic heterocycles. The van der Waals surface area contributed by atoms with E-state index in [-0.39, 0.29) is 55.5 Å². The Morgan fingerprint density at radius 2 is 1.67 bits per heavy atom. The topological polar surface area (TPSA) is 166 Å². The lowest BCUT2D eigenvalue weighted by Crippen LogP contribution is -2.42. The molecule has 0 spiro atoms. The first-order chi connectivity index (χ1) is 23.1. The van der Waals surface area contributed by atoms with Crippen molar-refractivity contribution in [3.63, 3.8) is 0 Å². The van der Waals surface area contributed by atoms with E-state index in [2.05, 4.69) is 15.5 Å². The Morgan fingerprint density at radius 3 is 2.40 bits per heavy atom. The van der Waals surface area contributed by atoms with Gasteiger partial charge in [-0.1, -0.05) is 41.4 Å². The zero-order valence-electron chi connectivity index (χ0n) is 26.2. The van der Waals surface area contributed by atoms with Gasteiger partial charge in [0.1, 0.15) is 11.5 Å². The average molecular weight is 703 g/mol. The monoisotopic (exact) mass is 701 g/mol. The van der Waals surface area contributed by atoms with Crippen molar-refractivity contribution in [2.75, 3.05) is 51.3 Å². The molecule has 0 unspecified atom stereocenters. The summed E-state index contributed by atoms with van der Waals surface area (Å²) in [5, 5.41) is 28.7. The minimum absolute atomic E-state index is 0.00302. The van der Waals surface area contributed by atoms with Crippen LogP contribution in [0.25, 0.3) is 0 Å². The number of ether oxygens (including phenoxy) is 2. The summed E-state index contributed by atoms with van der Waals surface area (Å²) in [6.45, 7) is 3.82. The summed E-state index contributed by atoms with van der Waals surface area (Å²) in [6, 6.07) is 16.1. The minimum atomic E-state index is -0.697. The minimum Gasteiger partial charge on any atom is -0.378 e. The number of carbonyl (C=O) groups is 2. The second kappa shape index (κ2) is 18.4. The molecule has 0 aliphatic carbocycles. The lowest BCUT2D eigenvalue weighted by Gasteiger charge is -2.33.